The van der Waals surface area contributed by atoms with E-state index in [1.54, 1.807) is 7.11 Å². The summed E-state index contributed by atoms with van der Waals surface area (Å²) in [6, 6.07) is 15.6. The highest BCUT2D eigenvalue weighted by molar-refractivity contribution is 6.30. The van der Waals surface area contributed by atoms with Gasteiger partial charge in [-0.2, -0.15) is 0 Å². The number of methoxy groups -OCH3 is 1. The van der Waals surface area contributed by atoms with Crippen molar-refractivity contribution in [3.05, 3.63) is 70.2 Å². The van der Waals surface area contributed by atoms with Crippen LogP contribution in [-0.2, 0) is 16.0 Å². The van der Waals surface area contributed by atoms with Gasteiger partial charge in [-0.15, -0.1) is 0 Å². The zero-order valence-corrected chi connectivity index (χ0v) is 17.9. The van der Waals surface area contributed by atoms with Crippen molar-refractivity contribution in [3.63, 3.8) is 0 Å². The molecule has 1 heterocycles. The summed E-state index contributed by atoms with van der Waals surface area (Å²) in [6.07, 6.45) is -0.0256. The Kier molecular flexibility index (Phi) is 8.07. The smallest absolute Gasteiger partial charge is 0.254 e. The predicted molar refractivity (Wildman–Crippen MR) is 115 cm³/mol. The third kappa shape index (κ3) is 6.54. The maximum atomic E-state index is 13.0. The van der Waals surface area contributed by atoms with Crippen LogP contribution in [0.2, 0.25) is 5.02 Å². The monoisotopic (exact) mass is 416 g/mol. The number of amides is 1. The Morgan fingerprint density at radius 2 is 1.93 bits per heavy atom. The first kappa shape index (κ1) is 21.8. The van der Waals surface area contributed by atoms with Crippen molar-refractivity contribution in [2.24, 2.45) is 0 Å². The van der Waals surface area contributed by atoms with Crippen molar-refractivity contribution in [2.75, 3.05) is 46.5 Å². The lowest BCUT2D eigenvalue weighted by molar-refractivity contribution is -0.0444. The van der Waals surface area contributed by atoms with E-state index in [-0.39, 0.29) is 12.0 Å². The van der Waals surface area contributed by atoms with Gasteiger partial charge in [-0.1, -0.05) is 41.4 Å². The lowest BCUT2D eigenvalue weighted by Crippen LogP contribution is -2.49. The minimum atomic E-state index is -0.0256. The SMILES string of the molecule is COCCN(CC1CN(Cc2ccc(Cl)cc2)CCO1)C(=O)c1ccc(C)cc1. The van der Waals surface area contributed by atoms with Gasteiger partial charge >= 0.3 is 0 Å². The topological polar surface area (TPSA) is 42.0 Å². The van der Waals surface area contributed by atoms with Gasteiger partial charge in [0, 0.05) is 50.4 Å². The molecule has 1 amide bonds. The molecular weight excluding hydrogens is 388 g/mol. The molecule has 0 aliphatic carbocycles. The fraction of sp³-hybridized carbons (Fsp3) is 0.435. The third-order valence-electron chi connectivity index (χ3n) is 5.12. The average Bonchev–Trinajstić information content (AvgIpc) is 2.73. The number of ether oxygens (including phenoxy) is 2. The molecule has 156 valence electrons. The molecule has 6 heteroatoms. The van der Waals surface area contributed by atoms with E-state index < -0.39 is 0 Å². The van der Waals surface area contributed by atoms with Crippen LogP contribution in [0.15, 0.2) is 48.5 Å². The molecule has 0 saturated carbocycles. The number of carbonyl (C=O) groups excluding carboxylic acids is 1. The summed E-state index contributed by atoms with van der Waals surface area (Å²) in [6.45, 7) is 6.78. The molecular formula is C23H29ClN2O3. The van der Waals surface area contributed by atoms with Crippen LogP contribution in [0.1, 0.15) is 21.5 Å². The number of halogens is 1. The first-order valence-corrected chi connectivity index (χ1v) is 10.4. The second kappa shape index (κ2) is 10.7. The molecule has 0 N–H and O–H groups in total. The maximum Gasteiger partial charge on any atom is 0.254 e. The molecule has 2 aromatic rings. The zero-order valence-electron chi connectivity index (χ0n) is 17.1. The molecule has 1 atom stereocenters. The standard InChI is InChI=1S/C23H29ClN2O3/c1-18-3-7-20(8-4-18)23(27)26(12-13-28-2)17-22-16-25(11-14-29-22)15-19-5-9-21(24)10-6-19/h3-10,22H,11-17H2,1-2H3. The Balaban J connectivity index is 1.62. The van der Waals surface area contributed by atoms with Crippen molar-refractivity contribution >= 4 is 17.5 Å². The minimum absolute atomic E-state index is 0.0143. The molecule has 0 aromatic heterocycles. The Labute approximate surface area is 178 Å². The second-order valence-electron chi connectivity index (χ2n) is 7.46. The van der Waals surface area contributed by atoms with Crippen LogP contribution >= 0.6 is 11.6 Å². The normalized spacial score (nSPS) is 17.3. The van der Waals surface area contributed by atoms with Crippen LogP contribution in [0.3, 0.4) is 0 Å². The molecule has 2 aromatic carbocycles. The van der Waals surface area contributed by atoms with Crippen LogP contribution < -0.4 is 0 Å². The number of benzene rings is 2. The second-order valence-corrected chi connectivity index (χ2v) is 7.90. The van der Waals surface area contributed by atoms with Gasteiger partial charge in [0.2, 0.25) is 0 Å². The summed E-state index contributed by atoms with van der Waals surface area (Å²) in [5, 5.41) is 0.747. The van der Waals surface area contributed by atoms with E-state index in [2.05, 4.69) is 17.0 Å². The van der Waals surface area contributed by atoms with Gasteiger partial charge < -0.3 is 14.4 Å². The van der Waals surface area contributed by atoms with Crippen LogP contribution in [0.4, 0.5) is 0 Å². The highest BCUT2D eigenvalue weighted by Crippen LogP contribution is 2.15. The number of nitrogens with zero attached hydrogens (tertiary/aromatic N) is 2. The van der Waals surface area contributed by atoms with Crippen molar-refractivity contribution in [3.8, 4) is 0 Å². The maximum absolute atomic E-state index is 13.0. The highest BCUT2D eigenvalue weighted by Gasteiger charge is 2.25. The molecule has 1 saturated heterocycles. The first-order chi connectivity index (χ1) is 14.0. The van der Waals surface area contributed by atoms with Crippen LogP contribution in [0.5, 0.6) is 0 Å². The summed E-state index contributed by atoms with van der Waals surface area (Å²) >= 11 is 5.98. The van der Waals surface area contributed by atoms with Crippen molar-refractivity contribution in [1.82, 2.24) is 9.80 Å². The molecule has 0 spiro atoms. The molecule has 5 nitrogen and oxygen atoms in total. The molecule has 0 radical (unpaired) electrons. The average molecular weight is 417 g/mol. The Morgan fingerprint density at radius 1 is 1.21 bits per heavy atom. The Hall–Kier alpha value is -1.92. The number of aryl methyl sites for hydroxylation is 1. The zero-order chi connectivity index (χ0) is 20.6. The number of hydrogen-bond donors (Lipinski definition) is 0. The number of morpholine rings is 1. The minimum Gasteiger partial charge on any atom is -0.383 e. The largest absolute Gasteiger partial charge is 0.383 e. The van der Waals surface area contributed by atoms with Crippen LogP contribution in [0, 0.1) is 6.92 Å². The van der Waals surface area contributed by atoms with Gasteiger partial charge in [0.15, 0.2) is 0 Å². The van der Waals surface area contributed by atoms with Gasteiger partial charge in [0.1, 0.15) is 0 Å². The van der Waals surface area contributed by atoms with E-state index in [0.29, 0.717) is 31.9 Å². The van der Waals surface area contributed by atoms with Gasteiger partial charge in [0.25, 0.3) is 5.91 Å². The summed E-state index contributed by atoms with van der Waals surface area (Å²) in [7, 11) is 1.65. The van der Waals surface area contributed by atoms with Crippen molar-refractivity contribution in [2.45, 2.75) is 19.6 Å². The first-order valence-electron chi connectivity index (χ1n) is 9.98. The molecule has 1 aliphatic rings. The lowest BCUT2D eigenvalue weighted by atomic mass is 10.1. The van der Waals surface area contributed by atoms with E-state index in [4.69, 9.17) is 21.1 Å². The molecule has 1 fully saturated rings. The predicted octanol–water partition coefficient (Wildman–Crippen LogP) is 3.64. The number of hydrogen-bond acceptors (Lipinski definition) is 4. The van der Waals surface area contributed by atoms with Gasteiger partial charge in [-0.05, 0) is 36.8 Å². The number of carbonyl (C=O) groups is 1. The Morgan fingerprint density at radius 3 is 2.62 bits per heavy atom. The summed E-state index contributed by atoms with van der Waals surface area (Å²) < 4.78 is 11.2. The van der Waals surface area contributed by atoms with Crippen LogP contribution in [-0.4, -0.2) is 68.3 Å². The molecule has 3 rings (SSSR count). The lowest BCUT2D eigenvalue weighted by Gasteiger charge is -2.36. The highest BCUT2D eigenvalue weighted by atomic mass is 35.5. The van der Waals surface area contributed by atoms with Crippen molar-refractivity contribution < 1.29 is 14.3 Å². The van der Waals surface area contributed by atoms with E-state index in [1.165, 1.54) is 5.56 Å². The van der Waals surface area contributed by atoms with Gasteiger partial charge in [-0.25, -0.2) is 0 Å². The van der Waals surface area contributed by atoms with E-state index in [1.807, 2.05) is 48.2 Å². The molecule has 1 unspecified atom stereocenters. The third-order valence-corrected chi connectivity index (χ3v) is 5.37. The summed E-state index contributed by atoms with van der Waals surface area (Å²) in [5.74, 6) is 0.0143. The van der Waals surface area contributed by atoms with Gasteiger partial charge in [0.05, 0.1) is 19.3 Å². The number of rotatable bonds is 8. The van der Waals surface area contributed by atoms with E-state index in [0.717, 1.165) is 30.2 Å². The molecule has 1 aliphatic heterocycles. The van der Waals surface area contributed by atoms with Gasteiger partial charge in [-0.3, -0.25) is 9.69 Å². The molecule has 0 bridgehead atoms. The van der Waals surface area contributed by atoms with Crippen molar-refractivity contribution in [1.29, 1.82) is 0 Å². The fourth-order valence-corrected chi connectivity index (χ4v) is 3.61. The molecule has 29 heavy (non-hydrogen) atoms. The van der Waals surface area contributed by atoms with Crippen LogP contribution in [0.25, 0.3) is 0 Å². The quantitative estimate of drug-likeness (QED) is 0.658. The van der Waals surface area contributed by atoms with E-state index >= 15 is 0 Å². The fourth-order valence-electron chi connectivity index (χ4n) is 3.48. The Bertz CT molecular complexity index is 780. The van der Waals surface area contributed by atoms with E-state index in [9.17, 15) is 4.79 Å². The summed E-state index contributed by atoms with van der Waals surface area (Å²) in [4.78, 5) is 17.2. The summed E-state index contributed by atoms with van der Waals surface area (Å²) in [5.41, 5.74) is 3.06.